The first-order chi connectivity index (χ1) is 10.7. The van der Waals surface area contributed by atoms with Crippen molar-refractivity contribution in [3.05, 3.63) is 54.1 Å². The summed E-state index contributed by atoms with van der Waals surface area (Å²) in [7, 11) is 0. The van der Waals surface area contributed by atoms with Crippen LogP contribution >= 0.6 is 12.4 Å². The Morgan fingerprint density at radius 1 is 1.30 bits per heavy atom. The van der Waals surface area contributed by atoms with Crippen molar-refractivity contribution in [2.24, 2.45) is 0 Å². The van der Waals surface area contributed by atoms with Crippen LogP contribution in [0, 0.1) is 5.82 Å². The average molecular weight is 339 g/mol. The third-order valence-electron chi connectivity index (χ3n) is 4.19. The molecule has 5 nitrogen and oxygen atoms in total. The molecule has 0 unspecified atom stereocenters. The van der Waals surface area contributed by atoms with Crippen molar-refractivity contribution >= 4 is 18.3 Å². The first kappa shape index (κ1) is 17.4. The summed E-state index contributed by atoms with van der Waals surface area (Å²) in [6.07, 6.45) is 4.82. The van der Waals surface area contributed by atoms with E-state index >= 15 is 0 Å². The van der Waals surface area contributed by atoms with Crippen LogP contribution in [0.4, 0.5) is 4.39 Å². The number of benzene rings is 1. The van der Waals surface area contributed by atoms with Gasteiger partial charge in [0.05, 0.1) is 0 Å². The van der Waals surface area contributed by atoms with Gasteiger partial charge in [0, 0.05) is 24.5 Å². The Hall–Kier alpha value is -1.92. The lowest BCUT2D eigenvalue weighted by molar-refractivity contribution is -0.132. The molecule has 0 bridgehead atoms. The third kappa shape index (κ3) is 3.54. The lowest BCUT2D eigenvalue weighted by Crippen LogP contribution is -2.54. The molecule has 0 aliphatic carbocycles. The molecule has 1 aliphatic rings. The molecule has 124 valence electrons. The second-order valence-electron chi connectivity index (χ2n) is 5.51. The van der Waals surface area contributed by atoms with Crippen molar-refractivity contribution in [1.82, 2.24) is 20.4 Å². The monoisotopic (exact) mass is 338 g/mol. The van der Waals surface area contributed by atoms with Crippen molar-refractivity contribution in [3.63, 3.8) is 0 Å². The molecule has 1 aliphatic heterocycles. The lowest BCUT2D eigenvalue weighted by atomic mass is 9.87. The molecule has 0 spiro atoms. The van der Waals surface area contributed by atoms with E-state index in [1.807, 2.05) is 12.3 Å². The van der Waals surface area contributed by atoms with Crippen LogP contribution in [0.25, 0.3) is 0 Å². The van der Waals surface area contributed by atoms with Crippen molar-refractivity contribution in [2.75, 3.05) is 13.1 Å². The molecule has 7 heteroatoms. The molecule has 1 amide bonds. The molecule has 2 aromatic rings. The molecule has 23 heavy (non-hydrogen) atoms. The van der Waals surface area contributed by atoms with Crippen LogP contribution < -0.4 is 10.6 Å². The van der Waals surface area contributed by atoms with Gasteiger partial charge in [-0.05, 0) is 38.1 Å². The number of rotatable bonds is 4. The maximum Gasteiger partial charge on any atom is 0.248 e. The molecule has 2 heterocycles. The van der Waals surface area contributed by atoms with Gasteiger partial charge in [-0.2, -0.15) is 5.10 Å². The van der Waals surface area contributed by atoms with Gasteiger partial charge in [-0.15, -0.1) is 12.4 Å². The number of hydrogen-bond acceptors (Lipinski definition) is 3. The number of carbonyl (C=O) groups is 1. The summed E-state index contributed by atoms with van der Waals surface area (Å²) >= 11 is 0. The van der Waals surface area contributed by atoms with Crippen LogP contribution in [0.5, 0.6) is 0 Å². The molecule has 1 aromatic heterocycles. The minimum absolute atomic E-state index is 0. The molecule has 0 radical (unpaired) electrons. The Balaban J connectivity index is 0.00000192. The smallest absolute Gasteiger partial charge is 0.248 e. The predicted molar refractivity (Wildman–Crippen MR) is 87.8 cm³/mol. The Labute approximate surface area is 140 Å². The van der Waals surface area contributed by atoms with Crippen LogP contribution in [0.2, 0.25) is 0 Å². The summed E-state index contributed by atoms with van der Waals surface area (Å²) < 4.78 is 15.4. The van der Waals surface area contributed by atoms with Crippen LogP contribution in [0.1, 0.15) is 18.4 Å². The van der Waals surface area contributed by atoms with E-state index in [0.29, 0.717) is 18.4 Å². The van der Waals surface area contributed by atoms with Gasteiger partial charge in [-0.3, -0.25) is 9.48 Å². The normalized spacial score (nSPS) is 16.4. The number of nitrogens with zero attached hydrogens (tertiary/aromatic N) is 2. The average Bonchev–Trinajstić information content (AvgIpc) is 3.09. The van der Waals surface area contributed by atoms with Gasteiger partial charge in [-0.25, -0.2) is 4.39 Å². The second-order valence-corrected chi connectivity index (χ2v) is 5.51. The van der Waals surface area contributed by atoms with E-state index in [1.165, 1.54) is 6.07 Å². The second kappa shape index (κ2) is 7.57. The minimum atomic E-state index is -0.694. The number of halogens is 2. The van der Waals surface area contributed by atoms with Gasteiger partial charge in [0.25, 0.3) is 0 Å². The molecule has 2 N–H and O–H groups in total. The summed E-state index contributed by atoms with van der Waals surface area (Å²) in [5, 5.41) is 10.4. The number of aromatic nitrogens is 2. The number of amides is 1. The Kier molecular flexibility index (Phi) is 5.74. The van der Waals surface area contributed by atoms with E-state index in [2.05, 4.69) is 15.7 Å². The quantitative estimate of drug-likeness (QED) is 0.894. The summed E-state index contributed by atoms with van der Waals surface area (Å²) in [5.74, 6) is -0.415. The van der Waals surface area contributed by atoms with Crippen LogP contribution in [0.15, 0.2) is 42.7 Å². The maximum absolute atomic E-state index is 13.7. The van der Waals surface area contributed by atoms with Gasteiger partial charge in [-0.1, -0.05) is 18.2 Å². The highest BCUT2D eigenvalue weighted by molar-refractivity contribution is 5.85. The van der Waals surface area contributed by atoms with Crippen LogP contribution in [-0.2, 0) is 16.9 Å². The number of carbonyl (C=O) groups excluding carboxylic acids is 1. The Bertz CT molecular complexity index is 641. The summed E-state index contributed by atoms with van der Waals surface area (Å²) in [5.41, 5.74) is -0.208. The fourth-order valence-corrected chi connectivity index (χ4v) is 2.90. The third-order valence-corrected chi connectivity index (χ3v) is 4.19. The topological polar surface area (TPSA) is 59.0 Å². The number of hydrogen-bond donors (Lipinski definition) is 2. The summed E-state index contributed by atoms with van der Waals surface area (Å²) in [6.45, 7) is 1.70. The molecule has 1 aromatic carbocycles. The minimum Gasteiger partial charge on any atom is -0.350 e. The molecule has 0 saturated carbocycles. The Morgan fingerprint density at radius 2 is 2.04 bits per heavy atom. The molecule has 1 saturated heterocycles. The van der Waals surface area contributed by atoms with Crippen LogP contribution in [-0.4, -0.2) is 28.8 Å². The maximum atomic E-state index is 13.7. The van der Waals surface area contributed by atoms with Crippen molar-refractivity contribution in [2.45, 2.75) is 24.9 Å². The molecule has 1 fully saturated rings. The first-order valence-electron chi connectivity index (χ1n) is 7.45. The zero-order valence-corrected chi connectivity index (χ0v) is 13.5. The van der Waals surface area contributed by atoms with Crippen molar-refractivity contribution < 1.29 is 9.18 Å². The van der Waals surface area contributed by atoms with Gasteiger partial charge in [0.15, 0.2) is 0 Å². The number of piperidine rings is 1. The SMILES string of the molecule is Cl.O=C(NCc1ccccc1F)C1(n2cccn2)CCNCC1. The molecule has 0 atom stereocenters. The zero-order chi connectivity index (χ0) is 15.4. The van der Waals surface area contributed by atoms with Gasteiger partial charge in [0.1, 0.15) is 11.4 Å². The molecule has 3 rings (SSSR count). The highest BCUT2D eigenvalue weighted by atomic mass is 35.5. The molecular weight excluding hydrogens is 319 g/mol. The summed E-state index contributed by atoms with van der Waals surface area (Å²) in [4.78, 5) is 12.8. The first-order valence-corrected chi connectivity index (χ1v) is 7.45. The van der Waals surface area contributed by atoms with E-state index in [1.54, 1.807) is 29.1 Å². The molecular formula is C16H20ClFN4O. The van der Waals surface area contributed by atoms with Gasteiger partial charge >= 0.3 is 0 Å². The highest BCUT2D eigenvalue weighted by Crippen LogP contribution is 2.27. The van der Waals surface area contributed by atoms with Crippen LogP contribution in [0.3, 0.4) is 0 Å². The Morgan fingerprint density at radius 3 is 2.70 bits per heavy atom. The van der Waals surface area contributed by atoms with E-state index in [0.717, 1.165) is 13.1 Å². The fraction of sp³-hybridized carbons (Fsp3) is 0.375. The number of nitrogens with one attached hydrogen (secondary N) is 2. The van der Waals surface area contributed by atoms with E-state index < -0.39 is 5.54 Å². The fourth-order valence-electron chi connectivity index (χ4n) is 2.90. The predicted octanol–water partition coefficient (Wildman–Crippen LogP) is 1.84. The summed E-state index contributed by atoms with van der Waals surface area (Å²) in [6, 6.07) is 8.29. The van der Waals surface area contributed by atoms with Crippen molar-refractivity contribution in [3.8, 4) is 0 Å². The zero-order valence-electron chi connectivity index (χ0n) is 12.7. The lowest BCUT2D eigenvalue weighted by Gasteiger charge is -2.36. The van der Waals surface area contributed by atoms with Gasteiger partial charge in [0.2, 0.25) is 5.91 Å². The van der Waals surface area contributed by atoms with E-state index in [4.69, 9.17) is 0 Å². The highest BCUT2D eigenvalue weighted by Gasteiger charge is 2.41. The standard InChI is InChI=1S/C16H19FN4O.ClH/c17-14-5-2-1-4-13(14)12-19-15(22)16(6-9-18-10-7-16)21-11-3-8-20-21;/h1-5,8,11,18H,6-7,9-10,12H2,(H,19,22);1H. The van der Waals surface area contributed by atoms with E-state index in [-0.39, 0.29) is 30.7 Å². The van der Waals surface area contributed by atoms with Crippen molar-refractivity contribution in [1.29, 1.82) is 0 Å². The van der Waals surface area contributed by atoms with E-state index in [9.17, 15) is 9.18 Å². The van der Waals surface area contributed by atoms with Gasteiger partial charge < -0.3 is 10.6 Å². The largest absolute Gasteiger partial charge is 0.350 e.